The van der Waals surface area contributed by atoms with Crippen molar-refractivity contribution in [1.82, 2.24) is 5.32 Å². The first-order valence-corrected chi connectivity index (χ1v) is 7.97. The van der Waals surface area contributed by atoms with Gasteiger partial charge < -0.3 is 5.32 Å². The smallest absolute Gasteiger partial charge is 0.128 e. The molecule has 96 valence electrons. The minimum absolute atomic E-state index is 0.0320. The van der Waals surface area contributed by atoms with Gasteiger partial charge in [0.2, 0.25) is 0 Å². The van der Waals surface area contributed by atoms with Gasteiger partial charge in [-0.1, -0.05) is 22.9 Å². The summed E-state index contributed by atoms with van der Waals surface area (Å²) in [5, 5.41) is 3.47. The Labute approximate surface area is 116 Å². The van der Waals surface area contributed by atoms with E-state index < -0.39 is 0 Å². The minimum Gasteiger partial charge on any atom is -0.307 e. The summed E-state index contributed by atoms with van der Waals surface area (Å²) in [6, 6.07) is 5.54. The molecule has 0 saturated heterocycles. The van der Waals surface area contributed by atoms with Crippen LogP contribution in [0.3, 0.4) is 0 Å². The van der Waals surface area contributed by atoms with E-state index in [2.05, 4.69) is 34.4 Å². The topological polar surface area (TPSA) is 12.0 Å². The van der Waals surface area contributed by atoms with Crippen molar-refractivity contribution in [3.63, 3.8) is 0 Å². The Morgan fingerprint density at radius 1 is 1.47 bits per heavy atom. The first-order chi connectivity index (χ1) is 8.08. The molecular formula is C13H19BrFNS. The maximum atomic E-state index is 13.7. The van der Waals surface area contributed by atoms with E-state index >= 15 is 0 Å². The fourth-order valence-electron chi connectivity index (χ4n) is 1.77. The molecule has 1 nitrogen and oxygen atoms in total. The number of benzene rings is 1. The van der Waals surface area contributed by atoms with Gasteiger partial charge in [0.25, 0.3) is 0 Å². The van der Waals surface area contributed by atoms with Crippen molar-refractivity contribution in [2.75, 3.05) is 12.0 Å². The van der Waals surface area contributed by atoms with Gasteiger partial charge in [-0.05, 0) is 37.8 Å². The number of halogens is 2. The van der Waals surface area contributed by atoms with Gasteiger partial charge >= 0.3 is 0 Å². The van der Waals surface area contributed by atoms with E-state index in [0.29, 0.717) is 6.04 Å². The molecule has 0 aromatic heterocycles. The van der Waals surface area contributed by atoms with E-state index in [0.717, 1.165) is 22.2 Å². The molecule has 0 aliphatic carbocycles. The van der Waals surface area contributed by atoms with Crippen LogP contribution < -0.4 is 5.32 Å². The Morgan fingerprint density at radius 3 is 2.76 bits per heavy atom. The Balaban J connectivity index is 2.74. The molecule has 17 heavy (non-hydrogen) atoms. The maximum Gasteiger partial charge on any atom is 0.128 e. The average molecular weight is 320 g/mol. The largest absolute Gasteiger partial charge is 0.307 e. The van der Waals surface area contributed by atoms with Crippen LogP contribution in [0.5, 0.6) is 0 Å². The molecule has 0 bridgehead atoms. The molecule has 0 aliphatic heterocycles. The number of nitrogens with one attached hydrogen (secondary N) is 1. The molecule has 0 amide bonds. The highest BCUT2D eigenvalue weighted by Crippen LogP contribution is 2.22. The Bertz CT molecular complexity index is 359. The summed E-state index contributed by atoms with van der Waals surface area (Å²) in [6.07, 6.45) is 3.15. The van der Waals surface area contributed by atoms with E-state index in [1.54, 1.807) is 6.07 Å². The fourth-order valence-corrected chi connectivity index (χ4v) is 2.89. The van der Waals surface area contributed by atoms with Gasteiger partial charge in [0, 0.05) is 27.9 Å². The number of rotatable bonds is 6. The molecule has 1 aromatic carbocycles. The lowest BCUT2D eigenvalue weighted by atomic mass is 10.1. The third-order valence-electron chi connectivity index (χ3n) is 2.77. The molecule has 0 heterocycles. The van der Waals surface area contributed by atoms with Crippen molar-refractivity contribution in [3.8, 4) is 0 Å². The molecule has 1 rings (SSSR count). The van der Waals surface area contributed by atoms with E-state index in [1.165, 1.54) is 6.07 Å². The van der Waals surface area contributed by atoms with Crippen molar-refractivity contribution in [2.45, 2.75) is 32.4 Å². The molecule has 2 unspecified atom stereocenters. The van der Waals surface area contributed by atoms with Crippen LogP contribution in [0.4, 0.5) is 4.39 Å². The maximum absolute atomic E-state index is 13.7. The summed E-state index contributed by atoms with van der Waals surface area (Å²) in [4.78, 5) is 0. The van der Waals surface area contributed by atoms with E-state index in [-0.39, 0.29) is 11.9 Å². The minimum atomic E-state index is -0.146. The van der Waals surface area contributed by atoms with Crippen LogP contribution in [0.2, 0.25) is 0 Å². The zero-order chi connectivity index (χ0) is 12.8. The average Bonchev–Trinajstić information content (AvgIpc) is 2.31. The Hall–Kier alpha value is -0.0600. The summed E-state index contributed by atoms with van der Waals surface area (Å²) >= 11 is 5.19. The Morgan fingerprint density at radius 2 is 2.18 bits per heavy atom. The van der Waals surface area contributed by atoms with E-state index in [1.807, 2.05) is 24.8 Å². The van der Waals surface area contributed by atoms with Gasteiger partial charge in [0.15, 0.2) is 0 Å². The highest BCUT2D eigenvalue weighted by Gasteiger charge is 2.14. The molecule has 1 N–H and O–H groups in total. The summed E-state index contributed by atoms with van der Waals surface area (Å²) in [5.41, 5.74) is 0.721. The molecule has 0 fully saturated rings. The van der Waals surface area contributed by atoms with Crippen LogP contribution in [0.15, 0.2) is 22.7 Å². The SMILES string of the molecule is CCC(CSC)NC(C)c1cc(Br)ccc1F. The van der Waals surface area contributed by atoms with E-state index in [9.17, 15) is 4.39 Å². The van der Waals surface area contributed by atoms with Crippen molar-refractivity contribution < 1.29 is 4.39 Å². The van der Waals surface area contributed by atoms with Gasteiger partial charge in [0.05, 0.1) is 0 Å². The molecule has 2 atom stereocenters. The highest BCUT2D eigenvalue weighted by molar-refractivity contribution is 9.10. The summed E-state index contributed by atoms with van der Waals surface area (Å²) in [6.45, 7) is 4.16. The number of thioether (sulfide) groups is 1. The van der Waals surface area contributed by atoms with Gasteiger partial charge in [-0.3, -0.25) is 0 Å². The lowest BCUT2D eigenvalue weighted by Crippen LogP contribution is -2.33. The third-order valence-corrected chi connectivity index (χ3v) is 4.00. The molecule has 1 aromatic rings. The standard InChI is InChI=1S/C13H19BrFNS/c1-4-11(8-17-3)16-9(2)12-7-10(14)5-6-13(12)15/h5-7,9,11,16H,4,8H2,1-3H3. The summed E-state index contributed by atoms with van der Waals surface area (Å²) in [5.74, 6) is 0.906. The van der Waals surface area contributed by atoms with Crippen LogP contribution >= 0.6 is 27.7 Å². The lowest BCUT2D eigenvalue weighted by molar-refractivity contribution is 0.458. The fraction of sp³-hybridized carbons (Fsp3) is 0.538. The van der Waals surface area contributed by atoms with Crippen molar-refractivity contribution in [3.05, 3.63) is 34.1 Å². The van der Waals surface area contributed by atoms with Crippen molar-refractivity contribution in [2.24, 2.45) is 0 Å². The van der Waals surface area contributed by atoms with Gasteiger partial charge in [-0.15, -0.1) is 0 Å². The van der Waals surface area contributed by atoms with Crippen LogP contribution in [0.1, 0.15) is 31.9 Å². The Kier molecular flexibility index (Phi) is 6.52. The second-order valence-corrected chi connectivity index (χ2v) is 5.94. The van der Waals surface area contributed by atoms with Gasteiger partial charge in [-0.2, -0.15) is 11.8 Å². The van der Waals surface area contributed by atoms with E-state index in [4.69, 9.17) is 0 Å². The molecule has 0 saturated carbocycles. The molecule has 0 radical (unpaired) electrons. The molecular weight excluding hydrogens is 301 g/mol. The second kappa shape index (κ2) is 7.39. The van der Waals surface area contributed by atoms with Crippen LogP contribution in [0.25, 0.3) is 0 Å². The molecule has 0 aliphatic rings. The molecule has 0 spiro atoms. The number of hydrogen-bond acceptors (Lipinski definition) is 2. The summed E-state index contributed by atoms with van der Waals surface area (Å²) < 4.78 is 14.6. The van der Waals surface area contributed by atoms with Gasteiger partial charge in [-0.25, -0.2) is 4.39 Å². The predicted molar refractivity (Wildman–Crippen MR) is 78.1 cm³/mol. The molecule has 4 heteroatoms. The first-order valence-electron chi connectivity index (χ1n) is 5.78. The van der Waals surface area contributed by atoms with Crippen LogP contribution in [0, 0.1) is 5.82 Å². The lowest BCUT2D eigenvalue weighted by Gasteiger charge is -2.22. The quantitative estimate of drug-likeness (QED) is 0.835. The van der Waals surface area contributed by atoms with Crippen LogP contribution in [-0.4, -0.2) is 18.1 Å². The second-order valence-electron chi connectivity index (χ2n) is 4.11. The zero-order valence-corrected chi connectivity index (χ0v) is 12.9. The number of hydrogen-bond donors (Lipinski definition) is 1. The third kappa shape index (κ3) is 4.60. The first kappa shape index (κ1) is 15.0. The van der Waals surface area contributed by atoms with Crippen molar-refractivity contribution >= 4 is 27.7 Å². The van der Waals surface area contributed by atoms with Gasteiger partial charge in [0.1, 0.15) is 5.82 Å². The monoisotopic (exact) mass is 319 g/mol. The highest BCUT2D eigenvalue weighted by atomic mass is 79.9. The predicted octanol–water partition coefficient (Wildman–Crippen LogP) is 4.38. The normalized spacial score (nSPS) is 14.6. The van der Waals surface area contributed by atoms with Crippen LogP contribution in [-0.2, 0) is 0 Å². The zero-order valence-electron chi connectivity index (χ0n) is 10.5. The van der Waals surface area contributed by atoms with Crippen molar-refractivity contribution in [1.29, 1.82) is 0 Å². The summed E-state index contributed by atoms with van der Waals surface area (Å²) in [7, 11) is 0.